The van der Waals surface area contributed by atoms with Crippen LogP contribution < -0.4 is 11.3 Å². The predicted octanol–water partition coefficient (Wildman–Crippen LogP) is 2.47. The highest BCUT2D eigenvalue weighted by molar-refractivity contribution is 6.33. The van der Waals surface area contributed by atoms with Gasteiger partial charge in [-0.15, -0.1) is 0 Å². The number of nitrogens with two attached hydrogens (primary N) is 1. The second-order valence-electron chi connectivity index (χ2n) is 4.07. The fraction of sp³-hybridized carbons (Fsp3) is 0.250. The van der Waals surface area contributed by atoms with E-state index in [-0.39, 0.29) is 6.04 Å². The number of halogens is 2. The molecule has 1 aromatic carbocycles. The molecular formula is C12H14Cl2N4. The van der Waals surface area contributed by atoms with Gasteiger partial charge in [-0.2, -0.15) is 5.10 Å². The summed E-state index contributed by atoms with van der Waals surface area (Å²) in [6.07, 6.45) is 2.51. The van der Waals surface area contributed by atoms with Crippen molar-refractivity contribution in [1.82, 2.24) is 15.2 Å². The lowest BCUT2D eigenvalue weighted by Crippen LogP contribution is -2.30. The second-order valence-corrected chi connectivity index (χ2v) is 4.92. The first kappa shape index (κ1) is 13.4. The monoisotopic (exact) mass is 284 g/mol. The third-order valence-electron chi connectivity index (χ3n) is 2.72. The quantitative estimate of drug-likeness (QED) is 0.670. The van der Waals surface area contributed by atoms with Crippen molar-refractivity contribution in [3.8, 4) is 0 Å². The van der Waals surface area contributed by atoms with E-state index in [1.165, 1.54) is 0 Å². The van der Waals surface area contributed by atoms with Gasteiger partial charge in [0.05, 0.1) is 11.7 Å². The maximum absolute atomic E-state index is 6.14. The number of hydrazine groups is 1. The fourth-order valence-electron chi connectivity index (χ4n) is 1.79. The molecule has 18 heavy (non-hydrogen) atoms. The Bertz CT molecular complexity index is 539. The molecule has 0 bridgehead atoms. The molecule has 0 aliphatic rings. The summed E-state index contributed by atoms with van der Waals surface area (Å²) in [7, 11) is 1.86. The summed E-state index contributed by atoms with van der Waals surface area (Å²) in [4.78, 5) is 0. The molecule has 0 saturated carbocycles. The van der Waals surface area contributed by atoms with Crippen molar-refractivity contribution in [2.45, 2.75) is 12.5 Å². The van der Waals surface area contributed by atoms with Crippen molar-refractivity contribution in [1.29, 1.82) is 0 Å². The van der Waals surface area contributed by atoms with Gasteiger partial charge in [0.15, 0.2) is 0 Å². The summed E-state index contributed by atoms with van der Waals surface area (Å²) < 4.78 is 1.74. The summed E-state index contributed by atoms with van der Waals surface area (Å²) in [5.74, 6) is 5.57. The van der Waals surface area contributed by atoms with Crippen LogP contribution in [0.2, 0.25) is 10.0 Å². The molecule has 3 N–H and O–H groups in total. The van der Waals surface area contributed by atoms with Gasteiger partial charge in [0.1, 0.15) is 0 Å². The molecule has 2 rings (SSSR count). The standard InChI is InChI=1S/C12H14Cl2N4/c1-18-5-4-11(17-18)12(16-15)7-8-6-9(13)2-3-10(8)14/h2-6,12,16H,7,15H2,1H3. The van der Waals surface area contributed by atoms with Crippen molar-refractivity contribution in [2.24, 2.45) is 12.9 Å². The summed E-state index contributed by atoms with van der Waals surface area (Å²) in [5.41, 5.74) is 4.56. The topological polar surface area (TPSA) is 55.9 Å². The van der Waals surface area contributed by atoms with Crippen LogP contribution in [0.15, 0.2) is 30.5 Å². The average molecular weight is 285 g/mol. The van der Waals surface area contributed by atoms with Gasteiger partial charge < -0.3 is 0 Å². The van der Waals surface area contributed by atoms with Gasteiger partial charge in [0.25, 0.3) is 0 Å². The van der Waals surface area contributed by atoms with E-state index < -0.39 is 0 Å². The lowest BCUT2D eigenvalue weighted by molar-refractivity contribution is 0.529. The molecule has 1 atom stereocenters. The first-order valence-electron chi connectivity index (χ1n) is 5.49. The molecule has 1 heterocycles. The highest BCUT2D eigenvalue weighted by atomic mass is 35.5. The number of nitrogens with zero attached hydrogens (tertiary/aromatic N) is 2. The van der Waals surface area contributed by atoms with Crippen molar-refractivity contribution >= 4 is 23.2 Å². The summed E-state index contributed by atoms with van der Waals surface area (Å²) in [6.45, 7) is 0. The van der Waals surface area contributed by atoms with Crippen molar-refractivity contribution in [3.63, 3.8) is 0 Å². The van der Waals surface area contributed by atoms with Crippen molar-refractivity contribution in [2.75, 3.05) is 0 Å². The minimum absolute atomic E-state index is 0.0952. The first-order valence-corrected chi connectivity index (χ1v) is 6.25. The van der Waals surface area contributed by atoms with Gasteiger partial charge in [0, 0.05) is 23.3 Å². The SMILES string of the molecule is Cn1ccc(C(Cc2cc(Cl)ccc2Cl)NN)n1. The van der Waals surface area contributed by atoms with Crippen LogP contribution in [0, 0.1) is 0 Å². The van der Waals surface area contributed by atoms with Gasteiger partial charge in [-0.3, -0.25) is 16.0 Å². The normalized spacial score (nSPS) is 12.7. The van der Waals surface area contributed by atoms with Gasteiger partial charge >= 0.3 is 0 Å². The van der Waals surface area contributed by atoms with Crippen LogP contribution in [0.3, 0.4) is 0 Å². The molecule has 96 valence electrons. The number of hydrogen-bond acceptors (Lipinski definition) is 3. The van der Waals surface area contributed by atoms with Crippen molar-refractivity contribution in [3.05, 3.63) is 51.8 Å². The summed E-state index contributed by atoms with van der Waals surface area (Å²) in [6, 6.07) is 7.21. The zero-order valence-electron chi connectivity index (χ0n) is 9.90. The van der Waals surface area contributed by atoms with E-state index in [0.29, 0.717) is 16.5 Å². The molecule has 0 saturated heterocycles. The van der Waals surface area contributed by atoms with E-state index in [1.807, 2.05) is 25.4 Å². The van der Waals surface area contributed by atoms with E-state index in [4.69, 9.17) is 29.0 Å². The largest absolute Gasteiger partial charge is 0.275 e. The molecule has 2 aromatic rings. The lowest BCUT2D eigenvalue weighted by Gasteiger charge is -2.14. The molecule has 4 nitrogen and oxygen atoms in total. The van der Waals surface area contributed by atoms with Crippen LogP contribution in [0.5, 0.6) is 0 Å². The van der Waals surface area contributed by atoms with Crippen molar-refractivity contribution < 1.29 is 0 Å². The van der Waals surface area contributed by atoms with Gasteiger partial charge in [0.2, 0.25) is 0 Å². The first-order chi connectivity index (χ1) is 8.60. The Balaban J connectivity index is 2.22. The maximum Gasteiger partial charge on any atom is 0.0810 e. The Morgan fingerprint density at radius 2 is 2.17 bits per heavy atom. The number of nitrogens with one attached hydrogen (secondary N) is 1. The maximum atomic E-state index is 6.14. The third kappa shape index (κ3) is 3.03. The van der Waals surface area contributed by atoms with Crippen LogP contribution in [0.1, 0.15) is 17.3 Å². The van der Waals surface area contributed by atoms with E-state index in [1.54, 1.807) is 16.8 Å². The van der Waals surface area contributed by atoms with Crippen LogP contribution in [-0.4, -0.2) is 9.78 Å². The van der Waals surface area contributed by atoms with Gasteiger partial charge in [-0.05, 0) is 36.2 Å². The zero-order valence-corrected chi connectivity index (χ0v) is 11.4. The Labute approximate surface area is 116 Å². The summed E-state index contributed by atoms with van der Waals surface area (Å²) >= 11 is 12.1. The molecular weight excluding hydrogens is 271 g/mol. The van der Waals surface area contributed by atoms with Crippen LogP contribution in [0.25, 0.3) is 0 Å². The zero-order chi connectivity index (χ0) is 13.1. The predicted molar refractivity (Wildman–Crippen MR) is 73.4 cm³/mol. The lowest BCUT2D eigenvalue weighted by atomic mass is 10.0. The molecule has 0 amide bonds. The number of benzene rings is 1. The molecule has 1 aromatic heterocycles. The number of rotatable bonds is 4. The summed E-state index contributed by atoms with van der Waals surface area (Å²) in [5, 5.41) is 5.66. The highest BCUT2D eigenvalue weighted by Crippen LogP contribution is 2.25. The van der Waals surface area contributed by atoms with E-state index in [0.717, 1.165) is 11.3 Å². The highest BCUT2D eigenvalue weighted by Gasteiger charge is 2.15. The fourth-order valence-corrected chi connectivity index (χ4v) is 2.18. The van der Waals surface area contributed by atoms with Crippen LogP contribution in [-0.2, 0) is 13.5 Å². The number of aryl methyl sites for hydroxylation is 1. The second kappa shape index (κ2) is 5.71. The molecule has 6 heteroatoms. The molecule has 0 spiro atoms. The Morgan fingerprint density at radius 1 is 1.39 bits per heavy atom. The van der Waals surface area contributed by atoms with Gasteiger partial charge in [-0.25, -0.2) is 0 Å². The third-order valence-corrected chi connectivity index (χ3v) is 3.33. The molecule has 0 radical (unpaired) electrons. The van der Waals surface area contributed by atoms with E-state index in [2.05, 4.69) is 10.5 Å². The minimum atomic E-state index is -0.0952. The molecule has 0 fully saturated rings. The van der Waals surface area contributed by atoms with E-state index >= 15 is 0 Å². The minimum Gasteiger partial charge on any atom is -0.275 e. The number of hydrogen-bond donors (Lipinski definition) is 2. The van der Waals surface area contributed by atoms with E-state index in [9.17, 15) is 0 Å². The molecule has 1 unspecified atom stereocenters. The Kier molecular flexibility index (Phi) is 4.24. The Hall–Kier alpha value is -1.07. The van der Waals surface area contributed by atoms with Crippen LogP contribution in [0.4, 0.5) is 0 Å². The molecule has 0 aliphatic heterocycles. The number of aromatic nitrogens is 2. The van der Waals surface area contributed by atoms with Gasteiger partial charge in [-0.1, -0.05) is 23.2 Å². The smallest absolute Gasteiger partial charge is 0.0810 e. The molecule has 0 aliphatic carbocycles. The average Bonchev–Trinajstić information content (AvgIpc) is 2.77. The Morgan fingerprint density at radius 3 is 2.78 bits per heavy atom. The van der Waals surface area contributed by atoms with Crippen LogP contribution >= 0.6 is 23.2 Å².